The third kappa shape index (κ3) is 3.92. The minimum atomic E-state index is -0.619. The van der Waals surface area contributed by atoms with Gasteiger partial charge in [-0.15, -0.1) is 5.10 Å². The van der Waals surface area contributed by atoms with Crippen molar-refractivity contribution in [1.82, 2.24) is 19.6 Å². The van der Waals surface area contributed by atoms with Crippen molar-refractivity contribution in [3.63, 3.8) is 0 Å². The van der Waals surface area contributed by atoms with Crippen LogP contribution in [0.3, 0.4) is 0 Å². The van der Waals surface area contributed by atoms with Crippen molar-refractivity contribution in [2.45, 2.75) is 20.1 Å². The van der Waals surface area contributed by atoms with Crippen molar-refractivity contribution < 1.29 is 23.4 Å². The summed E-state index contributed by atoms with van der Waals surface area (Å²) in [7, 11) is 3.12. The second kappa shape index (κ2) is 8.75. The van der Waals surface area contributed by atoms with Crippen molar-refractivity contribution >= 4 is 11.5 Å². The average Bonchev–Trinajstić information content (AvgIpc) is 3.25. The number of aliphatic hydroxyl groups excluding tert-OH is 1. The Morgan fingerprint density at radius 2 is 1.88 bits per heavy atom. The van der Waals surface area contributed by atoms with Gasteiger partial charge in [0.05, 0.1) is 25.6 Å². The van der Waals surface area contributed by atoms with Gasteiger partial charge in [-0.2, -0.15) is 0 Å². The van der Waals surface area contributed by atoms with E-state index in [0.717, 1.165) is 23.8 Å². The summed E-state index contributed by atoms with van der Waals surface area (Å²) >= 11 is 0. The fourth-order valence-corrected chi connectivity index (χ4v) is 3.38. The van der Waals surface area contributed by atoms with Crippen LogP contribution in [0.4, 0.5) is 14.6 Å². The molecule has 0 fully saturated rings. The van der Waals surface area contributed by atoms with Crippen LogP contribution in [0, 0.1) is 18.6 Å². The van der Waals surface area contributed by atoms with E-state index < -0.39 is 11.6 Å². The molecule has 8 nitrogen and oxygen atoms in total. The molecule has 4 aromatic rings. The van der Waals surface area contributed by atoms with Gasteiger partial charge in [0.25, 0.3) is 0 Å². The van der Waals surface area contributed by atoms with Crippen LogP contribution in [0.25, 0.3) is 16.9 Å². The van der Waals surface area contributed by atoms with E-state index in [9.17, 15) is 13.9 Å². The number of anilines is 1. The van der Waals surface area contributed by atoms with Gasteiger partial charge in [0, 0.05) is 23.7 Å². The second-order valence-electron chi connectivity index (χ2n) is 6.97. The summed E-state index contributed by atoms with van der Waals surface area (Å²) in [5.74, 6) is 0.516. The Morgan fingerprint density at radius 1 is 1.06 bits per heavy atom. The first-order valence-electron chi connectivity index (χ1n) is 9.72. The number of fused-ring (bicyclic) bond motifs is 1. The lowest BCUT2D eigenvalue weighted by molar-refractivity contribution is 0.271. The zero-order valence-electron chi connectivity index (χ0n) is 17.7. The molecule has 0 atom stereocenters. The molecular weight excluding hydrogens is 420 g/mol. The standard InChI is InChI=1S/C22H21F2N5O3/c1-12-20(16-8-14(23)5-7-17(16)24)27-21(22-26-19(11-30)28-29(12)22)25-10-13-4-6-15(31-2)9-18(13)32-3/h4-9,30H,10-11H2,1-3H3,(H,25,27). The highest BCUT2D eigenvalue weighted by Gasteiger charge is 2.19. The van der Waals surface area contributed by atoms with Gasteiger partial charge >= 0.3 is 0 Å². The molecule has 32 heavy (non-hydrogen) atoms. The van der Waals surface area contributed by atoms with Crippen LogP contribution < -0.4 is 14.8 Å². The molecule has 0 spiro atoms. The maximum absolute atomic E-state index is 14.5. The number of rotatable bonds is 7. The maximum atomic E-state index is 14.5. The van der Waals surface area contributed by atoms with E-state index in [2.05, 4.69) is 20.4 Å². The molecule has 0 amide bonds. The molecule has 4 rings (SSSR count). The Labute approximate surface area is 182 Å². The molecule has 166 valence electrons. The van der Waals surface area contributed by atoms with Crippen molar-refractivity contribution in [1.29, 1.82) is 0 Å². The number of ether oxygens (including phenoxy) is 2. The van der Waals surface area contributed by atoms with Crippen LogP contribution in [0.5, 0.6) is 11.5 Å². The lowest BCUT2D eigenvalue weighted by Crippen LogP contribution is -2.09. The summed E-state index contributed by atoms with van der Waals surface area (Å²) in [6.45, 7) is 1.59. The smallest absolute Gasteiger partial charge is 0.198 e. The Morgan fingerprint density at radius 3 is 2.59 bits per heavy atom. The first-order valence-corrected chi connectivity index (χ1v) is 9.72. The van der Waals surface area contributed by atoms with E-state index in [1.54, 1.807) is 33.3 Å². The zero-order valence-corrected chi connectivity index (χ0v) is 17.7. The van der Waals surface area contributed by atoms with Gasteiger partial charge in [0.1, 0.15) is 29.7 Å². The van der Waals surface area contributed by atoms with E-state index in [-0.39, 0.29) is 23.7 Å². The topological polar surface area (TPSA) is 93.8 Å². The lowest BCUT2D eigenvalue weighted by Gasteiger charge is -2.14. The summed E-state index contributed by atoms with van der Waals surface area (Å²) in [5.41, 5.74) is 1.81. The average molecular weight is 441 g/mol. The molecule has 2 aromatic carbocycles. The van der Waals surface area contributed by atoms with Crippen LogP contribution in [0.2, 0.25) is 0 Å². The number of aryl methyl sites for hydroxylation is 1. The fourth-order valence-electron chi connectivity index (χ4n) is 3.38. The Kier molecular flexibility index (Phi) is 5.87. The molecule has 0 saturated carbocycles. The summed E-state index contributed by atoms with van der Waals surface area (Å²) < 4.78 is 40.5. The van der Waals surface area contributed by atoms with Crippen molar-refractivity contribution in [2.75, 3.05) is 19.5 Å². The summed E-state index contributed by atoms with van der Waals surface area (Å²) in [6, 6.07) is 8.56. The largest absolute Gasteiger partial charge is 0.497 e. The highest BCUT2D eigenvalue weighted by molar-refractivity contribution is 5.72. The third-order valence-corrected chi connectivity index (χ3v) is 5.01. The third-order valence-electron chi connectivity index (χ3n) is 5.01. The van der Waals surface area contributed by atoms with E-state index in [1.807, 2.05) is 6.07 Å². The molecular formula is C22H21F2N5O3. The van der Waals surface area contributed by atoms with Gasteiger partial charge in [0.15, 0.2) is 17.3 Å². The van der Waals surface area contributed by atoms with Gasteiger partial charge in [-0.05, 0) is 37.3 Å². The molecule has 0 aliphatic carbocycles. The molecule has 0 unspecified atom stereocenters. The van der Waals surface area contributed by atoms with Crippen LogP contribution in [0.1, 0.15) is 17.1 Å². The predicted molar refractivity (Wildman–Crippen MR) is 114 cm³/mol. The second-order valence-corrected chi connectivity index (χ2v) is 6.97. The van der Waals surface area contributed by atoms with E-state index in [0.29, 0.717) is 35.2 Å². The molecule has 0 aliphatic heterocycles. The number of hydrogen-bond acceptors (Lipinski definition) is 7. The number of aromatic nitrogens is 4. The van der Waals surface area contributed by atoms with Crippen molar-refractivity contribution in [3.8, 4) is 22.8 Å². The van der Waals surface area contributed by atoms with Crippen molar-refractivity contribution in [2.24, 2.45) is 0 Å². The Bertz CT molecular complexity index is 1290. The van der Waals surface area contributed by atoms with Gasteiger partial charge in [0.2, 0.25) is 0 Å². The van der Waals surface area contributed by atoms with Gasteiger partial charge < -0.3 is 19.9 Å². The zero-order chi connectivity index (χ0) is 22.8. The Balaban J connectivity index is 1.81. The molecule has 10 heteroatoms. The van der Waals surface area contributed by atoms with Gasteiger partial charge in [-0.25, -0.2) is 23.3 Å². The number of aliphatic hydroxyl groups is 1. The number of nitrogens with zero attached hydrogens (tertiary/aromatic N) is 4. The molecule has 0 bridgehead atoms. The SMILES string of the molecule is COc1ccc(CNc2nc(-c3cc(F)ccc3F)c(C)n3nc(CO)nc23)c(OC)c1. The summed E-state index contributed by atoms with van der Waals surface area (Å²) in [4.78, 5) is 8.84. The summed E-state index contributed by atoms with van der Waals surface area (Å²) in [6.07, 6.45) is 0. The maximum Gasteiger partial charge on any atom is 0.198 e. The lowest BCUT2D eigenvalue weighted by atomic mass is 10.1. The first kappa shape index (κ1) is 21.4. The number of halogens is 2. The monoisotopic (exact) mass is 441 g/mol. The minimum absolute atomic E-state index is 0.00414. The van der Waals surface area contributed by atoms with Gasteiger partial charge in [-0.1, -0.05) is 0 Å². The molecule has 2 aromatic heterocycles. The molecule has 0 saturated heterocycles. The molecule has 2 N–H and O–H groups in total. The molecule has 2 heterocycles. The fraction of sp³-hybridized carbons (Fsp3) is 0.227. The minimum Gasteiger partial charge on any atom is -0.497 e. The number of hydrogen-bond donors (Lipinski definition) is 2. The van der Waals surface area contributed by atoms with E-state index in [4.69, 9.17) is 9.47 Å². The highest BCUT2D eigenvalue weighted by Crippen LogP contribution is 2.30. The van der Waals surface area contributed by atoms with Crippen LogP contribution in [0.15, 0.2) is 36.4 Å². The Hall–Kier alpha value is -3.79. The quantitative estimate of drug-likeness (QED) is 0.453. The number of benzene rings is 2. The van der Waals surface area contributed by atoms with Crippen LogP contribution in [-0.4, -0.2) is 38.9 Å². The van der Waals surface area contributed by atoms with Crippen LogP contribution in [-0.2, 0) is 13.2 Å². The number of nitrogens with one attached hydrogen (secondary N) is 1. The first-order chi connectivity index (χ1) is 15.4. The number of methoxy groups -OCH3 is 2. The van der Waals surface area contributed by atoms with Gasteiger partial charge in [-0.3, -0.25) is 0 Å². The van der Waals surface area contributed by atoms with Crippen LogP contribution >= 0.6 is 0 Å². The summed E-state index contributed by atoms with van der Waals surface area (Å²) in [5, 5.41) is 16.9. The predicted octanol–water partition coefficient (Wildman–Crippen LogP) is 3.50. The molecule has 0 aliphatic rings. The van der Waals surface area contributed by atoms with E-state index >= 15 is 0 Å². The van der Waals surface area contributed by atoms with E-state index in [1.165, 1.54) is 4.52 Å². The normalized spacial score (nSPS) is 11.1. The highest BCUT2D eigenvalue weighted by atomic mass is 19.1. The molecule has 0 radical (unpaired) electrons. The van der Waals surface area contributed by atoms with Crippen molar-refractivity contribution in [3.05, 3.63) is 65.1 Å².